The van der Waals surface area contributed by atoms with E-state index in [1.807, 2.05) is 0 Å². The normalized spacial score (nSPS) is 11.4. The Kier molecular flexibility index (Phi) is 4.03. The Morgan fingerprint density at radius 3 is 2.53 bits per heavy atom. The zero-order valence-corrected chi connectivity index (χ0v) is 8.96. The van der Waals surface area contributed by atoms with E-state index in [2.05, 4.69) is 4.98 Å². The second-order valence-electron chi connectivity index (χ2n) is 3.46. The molecule has 0 saturated heterocycles. The molecule has 0 atom stereocenters. The topological polar surface area (TPSA) is 33.2 Å². The molecule has 3 nitrogen and oxygen atoms in total. The lowest BCUT2D eigenvalue weighted by atomic mass is 10.2. The van der Waals surface area contributed by atoms with Gasteiger partial charge in [0.15, 0.2) is 0 Å². The van der Waals surface area contributed by atoms with Gasteiger partial charge < -0.3 is 4.90 Å². The number of carbonyl (C=O) groups is 1. The van der Waals surface area contributed by atoms with Gasteiger partial charge in [-0.25, -0.2) is 4.98 Å². The summed E-state index contributed by atoms with van der Waals surface area (Å²) >= 11 is 0. The zero-order valence-electron chi connectivity index (χ0n) is 8.96. The van der Waals surface area contributed by atoms with Crippen LogP contribution in [0.15, 0.2) is 18.3 Å². The molecule has 0 aliphatic carbocycles. The Morgan fingerprint density at radius 2 is 2.06 bits per heavy atom. The number of hydrogen-bond donors (Lipinski definition) is 0. The standard InChI is InChI=1S/C10H10F4N2O/c1-16(5-4-10(12,13)14)9(17)7-2-3-8(11)15-6-7/h2-3,6H,4-5H2,1H3. The van der Waals surface area contributed by atoms with Gasteiger partial charge >= 0.3 is 6.18 Å². The van der Waals surface area contributed by atoms with Crippen molar-refractivity contribution in [2.45, 2.75) is 12.6 Å². The molecule has 1 rings (SSSR count). The van der Waals surface area contributed by atoms with Crippen molar-refractivity contribution in [2.24, 2.45) is 0 Å². The predicted molar refractivity (Wildman–Crippen MR) is 51.8 cm³/mol. The summed E-state index contributed by atoms with van der Waals surface area (Å²) in [4.78, 5) is 15.7. The molecule has 0 fully saturated rings. The quantitative estimate of drug-likeness (QED) is 0.609. The van der Waals surface area contributed by atoms with Gasteiger partial charge in [-0.2, -0.15) is 17.6 Å². The van der Waals surface area contributed by atoms with Gasteiger partial charge in [0.1, 0.15) is 0 Å². The van der Waals surface area contributed by atoms with E-state index in [9.17, 15) is 22.4 Å². The van der Waals surface area contributed by atoms with E-state index in [1.165, 1.54) is 13.1 Å². The molecule has 0 N–H and O–H groups in total. The largest absolute Gasteiger partial charge is 0.390 e. The highest BCUT2D eigenvalue weighted by Gasteiger charge is 2.28. The summed E-state index contributed by atoms with van der Waals surface area (Å²) in [5, 5.41) is 0. The number of nitrogens with zero attached hydrogens (tertiary/aromatic N) is 2. The Morgan fingerprint density at radius 1 is 1.41 bits per heavy atom. The summed E-state index contributed by atoms with van der Waals surface area (Å²) in [6, 6.07) is 2.15. The molecule has 1 amide bonds. The molecular formula is C10H10F4N2O. The van der Waals surface area contributed by atoms with E-state index in [-0.39, 0.29) is 5.56 Å². The van der Waals surface area contributed by atoms with Crippen molar-refractivity contribution < 1.29 is 22.4 Å². The number of halogens is 4. The smallest absolute Gasteiger partial charge is 0.341 e. The molecule has 94 valence electrons. The maximum atomic E-state index is 12.5. The average molecular weight is 250 g/mol. The number of alkyl halides is 3. The summed E-state index contributed by atoms with van der Waals surface area (Å²) in [5.74, 6) is -1.37. The van der Waals surface area contributed by atoms with Gasteiger partial charge in [0.25, 0.3) is 5.91 Å². The first-order valence-electron chi connectivity index (χ1n) is 4.73. The lowest BCUT2D eigenvalue weighted by Crippen LogP contribution is -2.30. The molecule has 0 bridgehead atoms. The van der Waals surface area contributed by atoms with Gasteiger partial charge in [0.2, 0.25) is 5.95 Å². The highest BCUT2D eigenvalue weighted by Crippen LogP contribution is 2.19. The summed E-state index contributed by atoms with van der Waals surface area (Å²) in [7, 11) is 1.25. The molecule has 0 aromatic carbocycles. The van der Waals surface area contributed by atoms with E-state index >= 15 is 0 Å². The van der Waals surface area contributed by atoms with Crippen molar-refractivity contribution in [3.05, 3.63) is 29.8 Å². The number of aromatic nitrogens is 1. The van der Waals surface area contributed by atoms with Crippen molar-refractivity contribution in [2.75, 3.05) is 13.6 Å². The van der Waals surface area contributed by atoms with Crippen molar-refractivity contribution in [3.63, 3.8) is 0 Å². The first-order valence-corrected chi connectivity index (χ1v) is 4.73. The van der Waals surface area contributed by atoms with Crippen LogP contribution in [-0.4, -0.2) is 35.6 Å². The molecule has 1 aromatic rings. The lowest BCUT2D eigenvalue weighted by Gasteiger charge is -2.17. The zero-order chi connectivity index (χ0) is 13.1. The minimum atomic E-state index is -4.31. The number of rotatable bonds is 3. The van der Waals surface area contributed by atoms with Crippen LogP contribution in [0.2, 0.25) is 0 Å². The van der Waals surface area contributed by atoms with E-state index in [0.29, 0.717) is 0 Å². The molecule has 0 spiro atoms. The van der Waals surface area contributed by atoms with Crippen LogP contribution in [0.25, 0.3) is 0 Å². The number of pyridine rings is 1. The second-order valence-corrected chi connectivity index (χ2v) is 3.46. The van der Waals surface area contributed by atoms with Gasteiger partial charge in [0, 0.05) is 19.8 Å². The molecule has 17 heavy (non-hydrogen) atoms. The maximum Gasteiger partial charge on any atom is 0.390 e. The predicted octanol–water partition coefficient (Wildman–Crippen LogP) is 2.25. The Balaban J connectivity index is 2.61. The molecule has 1 heterocycles. The summed E-state index contributed by atoms with van der Waals surface area (Å²) in [6.45, 7) is -0.445. The van der Waals surface area contributed by atoms with Gasteiger partial charge in [-0.3, -0.25) is 4.79 Å². The molecule has 0 aliphatic rings. The van der Waals surface area contributed by atoms with Crippen LogP contribution in [0, 0.1) is 5.95 Å². The molecular weight excluding hydrogens is 240 g/mol. The van der Waals surface area contributed by atoms with Crippen LogP contribution in [0.4, 0.5) is 17.6 Å². The Labute approximate surface area is 95.1 Å². The maximum absolute atomic E-state index is 12.5. The highest BCUT2D eigenvalue weighted by molar-refractivity contribution is 5.93. The molecule has 0 saturated carbocycles. The average Bonchev–Trinajstić information content (AvgIpc) is 2.25. The van der Waals surface area contributed by atoms with Crippen molar-refractivity contribution in [1.29, 1.82) is 0 Å². The van der Waals surface area contributed by atoms with Gasteiger partial charge in [-0.15, -0.1) is 0 Å². The van der Waals surface area contributed by atoms with E-state index in [0.717, 1.165) is 17.2 Å². The minimum Gasteiger partial charge on any atom is -0.341 e. The summed E-state index contributed by atoms with van der Waals surface area (Å²) in [5.41, 5.74) is 0.0519. The second kappa shape index (κ2) is 5.11. The van der Waals surface area contributed by atoms with E-state index in [4.69, 9.17) is 0 Å². The summed E-state index contributed by atoms with van der Waals surface area (Å²) in [6.07, 6.45) is -4.40. The summed E-state index contributed by atoms with van der Waals surface area (Å²) < 4.78 is 48.3. The van der Waals surface area contributed by atoms with Crippen LogP contribution in [0.1, 0.15) is 16.8 Å². The number of amides is 1. The molecule has 7 heteroatoms. The van der Waals surface area contributed by atoms with Crippen LogP contribution >= 0.6 is 0 Å². The fourth-order valence-electron chi connectivity index (χ4n) is 1.12. The van der Waals surface area contributed by atoms with Crippen LogP contribution in [0.3, 0.4) is 0 Å². The third-order valence-corrected chi connectivity index (χ3v) is 2.05. The first-order chi connectivity index (χ1) is 7.79. The van der Waals surface area contributed by atoms with Crippen LogP contribution in [0.5, 0.6) is 0 Å². The molecule has 1 aromatic heterocycles. The SMILES string of the molecule is CN(CCC(F)(F)F)C(=O)c1ccc(F)nc1. The fraction of sp³-hybridized carbons (Fsp3) is 0.400. The van der Waals surface area contributed by atoms with E-state index in [1.54, 1.807) is 0 Å². The Hall–Kier alpha value is -1.66. The first kappa shape index (κ1) is 13.4. The molecule has 0 aliphatic heterocycles. The third kappa shape index (κ3) is 4.38. The van der Waals surface area contributed by atoms with Crippen LogP contribution < -0.4 is 0 Å². The van der Waals surface area contributed by atoms with Crippen molar-refractivity contribution in [1.82, 2.24) is 9.88 Å². The monoisotopic (exact) mass is 250 g/mol. The van der Waals surface area contributed by atoms with Gasteiger partial charge in [-0.05, 0) is 12.1 Å². The Bertz CT molecular complexity index is 388. The lowest BCUT2D eigenvalue weighted by molar-refractivity contribution is -0.136. The highest BCUT2D eigenvalue weighted by atomic mass is 19.4. The van der Waals surface area contributed by atoms with Crippen molar-refractivity contribution in [3.8, 4) is 0 Å². The van der Waals surface area contributed by atoms with Gasteiger partial charge in [-0.1, -0.05) is 0 Å². The molecule has 0 radical (unpaired) electrons. The van der Waals surface area contributed by atoms with Crippen LogP contribution in [-0.2, 0) is 0 Å². The van der Waals surface area contributed by atoms with E-state index < -0.39 is 31.0 Å². The van der Waals surface area contributed by atoms with Gasteiger partial charge in [0.05, 0.1) is 12.0 Å². The van der Waals surface area contributed by atoms with Crippen molar-refractivity contribution >= 4 is 5.91 Å². The minimum absolute atomic E-state index is 0.0519. The third-order valence-electron chi connectivity index (χ3n) is 2.05. The fourth-order valence-corrected chi connectivity index (χ4v) is 1.12. The molecule has 0 unspecified atom stereocenters. The number of carbonyl (C=O) groups excluding carboxylic acids is 1. The number of hydrogen-bond acceptors (Lipinski definition) is 2.